The minimum absolute atomic E-state index is 0.206. The number of aliphatic hydroxyl groups is 1. The molecule has 13 heavy (non-hydrogen) atoms. The average molecular weight is 182 g/mol. The quantitative estimate of drug-likeness (QED) is 0.665. The van der Waals surface area contributed by atoms with Crippen LogP contribution in [0.5, 0.6) is 0 Å². The fraction of sp³-hybridized carbons (Fsp3) is 0.833. The van der Waals surface area contributed by atoms with E-state index in [1.807, 2.05) is 6.92 Å². The van der Waals surface area contributed by atoms with Crippen LogP contribution in [0.2, 0.25) is 0 Å². The van der Waals surface area contributed by atoms with Crippen molar-refractivity contribution in [1.29, 1.82) is 0 Å². The molecule has 0 aromatic heterocycles. The molecule has 1 atom stereocenters. The summed E-state index contributed by atoms with van der Waals surface area (Å²) in [4.78, 5) is 0. The van der Waals surface area contributed by atoms with Crippen LogP contribution in [-0.2, 0) is 0 Å². The first-order valence-corrected chi connectivity index (χ1v) is 5.03. The lowest BCUT2D eigenvalue weighted by molar-refractivity contribution is 0.129. The Kier molecular flexibility index (Phi) is 2.36. The average Bonchev–Trinajstić information content (AvgIpc) is 2.20. The van der Waals surface area contributed by atoms with Crippen LogP contribution in [0.4, 0.5) is 0 Å². The van der Waals surface area contributed by atoms with Gasteiger partial charge in [0.15, 0.2) is 0 Å². The van der Waals surface area contributed by atoms with Gasteiger partial charge in [-0.1, -0.05) is 33.3 Å². The lowest BCUT2D eigenvalue weighted by Crippen LogP contribution is -2.14. The summed E-state index contributed by atoms with van der Waals surface area (Å²) in [7, 11) is 0. The Hall–Kier alpha value is -0.300. The summed E-state index contributed by atoms with van der Waals surface area (Å²) in [6.45, 7) is 14.8. The number of hydrogen-bond donors (Lipinski definition) is 1. The maximum atomic E-state index is 9.97. The molecule has 0 amide bonds. The van der Waals surface area contributed by atoms with Crippen molar-refractivity contribution in [3.63, 3.8) is 0 Å². The van der Waals surface area contributed by atoms with E-state index in [-0.39, 0.29) is 16.9 Å². The van der Waals surface area contributed by atoms with E-state index in [4.69, 9.17) is 0 Å². The third kappa shape index (κ3) is 1.54. The molecule has 1 rings (SSSR count). The maximum absolute atomic E-state index is 9.97. The summed E-state index contributed by atoms with van der Waals surface area (Å²) in [5, 5.41) is 9.97. The summed E-state index contributed by atoms with van der Waals surface area (Å²) < 4.78 is 0. The highest BCUT2D eigenvalue weighted by atomic mass is 16.3. The molecular weight excluding hydrogens is 160 g/mol. The molecule has 0 aromatic rings. The molecule has 0 aromatic carbocycles. The topological polar surface area (TPSA) is 20.2 Å². The fourth-order valence-corrected chi connectivity index (χ4v) is 2.68. The van der Waals surface area contributed by atoms with Gasteiger partial charge in [0.05, 0.1) is 6.10 Å². The van der Waals surface area contributed by atoms with Gasteiger partial charge < -0.3 is 5.11 Å². The zero-order chi connectivity index (χ0) is 10.4. The van der Waals surface area contributed by atoms with Crippen LogP contribution >= 0.6 is 0 Å². The molecule has 1 aliphatic rings. The lowest BCUT2D eigenvalue weighted by Gasteiger charge is -2.12. The van der Waals surface area contributed by atoms with Crippen LogP contribution in [0.1, 0.15) is 41.0 Å². The van der Waals surface area contributed by atoms with Crippen LogP contribution < -0.4 is 0 Å². The number of hydrogen-bond acceptors (Lipinski definition) is 1. The summed E-state index contributed by atoms with van der Waals surface area (Å²) in [5.41, 5.74) is 1.63. The van der Waals surface area contributed by atoms with Crippen molar-refractivity contribution < 1.29 is 5.11 Å². The van der Waals surface area contributed by atoms with Gasteiger partial charge in [-0.15, -0.1) is 6.58 Å². The Balaban J connectivity index is 2.62. The van der Waals surface area contributed by atoms with Crippen LogP contribution in [0, 0.1) is 16.7 Å². The second-order valence-corrected chi connectivity index (χ2v) is 5.65. The van der Waals surface area contributed by atoms with E-state index < -0.39 is 0 Å². The Morgan fingerprint density at radius 3 is 1.92 bits per heavy atom. The van der Waals surface area contributed by atoms with Gasteiger partial charge in [-0.05, 0) is 30.1 Å². The van der Waals surface area contributed by atoms with Gasteiger partial charge in [-0.2, -0.15) is 0 Å². The second-order valence-electron chi connectivity index (χ2n) is 5.65. The van der Waals surface area contributed by atoms with Crippen molar-refractivity contribution in [3.05, 3.63) is 12.2 Å². The van der Waals surface area contributed by atoms with Crippen LogP contribution in [-0.4, -0.2) is 11.2 Å². The number of rotatable bonds is 3. The molecule has 0 saturated heterocycles. The smallest absolute Gasteiger partial charge is 0.0615 e. The molecule has 1 unspecified atom stereocenters. The van der Waals surface area contributed by atoms with Crippen molar-refractivity contribution in [2.75, 3.05) is 0 Å². The van der Waals surface area contributed by atoms with E-state index in [1.165, 1.54) is 0 Å². The van der Waals surface area contributed by atoms with Gasteiger partial charge in [-0.25, -0.2) is 0 Å². The van der Waals surface area contributed by atoms with Gasteiger partial charge in [0.1, 0.15) is 0 Å². The predicted octanol–water partition coefficient (Wildman–Crippen LogP) is 3.00. The molecule has 0 spiro atoms. The minimum Gasteiger partial charge on any atom is -0.392 e. The van der Waals surface area contributed by atoms with E-state index in [9.17, 15) is 5.11 Å². The molecular formula is C12H22O. The summed E-state index contributed by atoms with van der Waals surface area (Å²) in [6.07, 6.45) is 0.542. The first-order valence-electron chi connectivity index (χ1n) is 5.03. The van der Waals surface area contributed by atoms with Gasteiger partial charge >= 0.3 is 0 Å². The molecule has 0 aliphatic heterocycles. The van der Waals surface area contributed by atoms with Crippen molar-refractivity contribution in [1.82, 2.24) is 0 Å². The highest BCUT2D eigenvalue weighted by Crippen LogP contribution is 2.70. The summed E-state index contributed by atoms with van der Waals surface area (Å²) >= 11 is 0. The first-order chi connectivity index (χ1) is 5.71. The number of aliphatic hydroxyl groups excluding tert-OH is 1. The normalized spacial score (nSPS) is 26.9. The molecule has 1 fully saturated rings. The van der Waals surface area contributed by atoms with Crippen molar-refractivity contribution in [2.24, 2.45) is 16.7 Å². The minimum atomic E-state index is -0.206. The van der Waals surface area contributed by atoms with E-state index in [2.05, 4.69) is 34.3 Å². The Labute approximate surface area is 81.9 Å². The van der Waals surface area contributed by atoms with Gasteiger partial charge in [-0.3, -0.25) is 0 Å². The summed E-state index contributed by atoms with van der Waals surface area (Å²) in [5.74, 6) is 0.427. The van der Waals surface area contributed by atoms with Crippen LogP contribution in [0.3, 0.4) is 0 Å². The van der Waals surface area contributed by atoms with Crippen molar-refractivity contribution >= 4 is 0 Å². The highest BCUT2D eigenvalue weighted by molar-refractivity contribution is 5.16. The highest BCUT2D eigenvalue weighted by Gasteiger charge is 2.66. The summed E-state index contributed by atoms with van der Waals surface area (Å²) in [6, 6.07) is 0. The molecule has 0 heterocycles. The Morgan fingerprint density at radius 2 is 1.69 bits per heavy atom. The molecule has 0 radical (unpaired) electrons. The molecule has 0 bridgehead atoms. The first kappa shape index (κ1) is 10.8. The van der Waals surface area contributed by atoms with Crippen molar-refractivity contribution in [3.8, 4) is 0 Å². The Morgan fingerprint density at radius 1 is 1.31 bits per heavy atom. The van der Waals surface area contributed by atoms with E-state index >= 15 is 0 Å². The predicted molar refractivity (Wildman–Crippen MR) is 56.5 cm³/mol. The van der Waals surface area contributed by atoms with Gasteiger partial charge in [0.2, 0.25) is 0 Å². The zero-order valence-electron chi connectivity index (χ0n) is 9.52. The molecule has 1 nitrogen and oxygen atoms in total. The van der Waals surface area contributed by atoms with Crippen LogP contribution in [0.15, 0.2) is 12.2 Å². The third-order valence-corrected chi connectivity index (χ3v) is 4.07. The fourth-order valence-electron chi connectivity index (χ4n) is 2.68. The van der Waals surface area contributed by atoms with Crippen LogP contribution in [0.25, 0.3) is 0 Å². The van der Waals surface area contributed by atoms with Crippen molar-refractivity contribution in [2.45, 2.75) is 47.1 Å². The van der Waals surface area contributed by atoms with Gasteiger partial charge in [0, 0.05) is 0 Å². The molecule has 1 saturated carbocycles. The monoisotopic (exact) mass is 182 g/mol. The van der Waals surface area contributed by atoms with Gasteiger partial charge in [0.25, 0.3) is 0 Å². The lowest BCUT2D eigenvalue weighted by atomic mass is 10.0. The molecule has 1 heteroatoms. The third-order valence-electron chi connectivity index (χ3n) is 4.07. The van der Waals surface area contributed by atoms with E-state index in [0.717, 1.165) is 12.0 Å². The largest absolute Gasteiger partial charge is 0.392 e. The zero-order valence-corrected chi connectivity index (χ0v) is 9.52. The molecule has 76 valence electrons. The molecule has 1 N–H and O–H groups in total. The standard InChI is InChI=1S/C12H22O/c1-8(2)7-9(13)10-11(3,4)12(10,5)6/h9-10,13H,1,7H2,2-6H3. The molecule has 1 aliphatic carbocycles. The Bertz CT molecular complexity index is 211. The SMILES string of the molecule is C=C(C)CC(O)C1C(C)(C)C1(C)C. The van der Waals surface area contributed by atoms with E-state index in [1.54, 1.807) is 0 Å². The maximum Gasteiger partial charge on any atom is 0.0615 e. The van der Waals surface area contributed by atoms with E-state index in [0.29, 0.717) is 5.92 Å². The second kappa shape index (κ2) is 2.84.